The molecule has 1 fully saturated rings. The van der Waals surface area contributed by atoms with Gasteiger partial charge in [0.2, 0.25) is 0 Å². The average Bonchev–Trinajstić information content (AvgIpc) is 3.15. The third-order valence-electron chi connectivity index (χ3n) is 6.19. The Morgan fingerprint density at radius 3 is 2.05 bits per heavy atom. The van der Waals surface area contributed by atoms with Gasteiger partial charge in [0.25, 0.3) is 11.7 Å². The Morgan fingerprint density at radius 1 is 0.872 bits per heavy atom. The summed E-state index contributed by atoms with van der Waals surface area (Å²) in [5.74, 6) is -1.86. The number of rotatable bonds is 7. The molecule has 8 heteroatoms. The number of carbonyl (C=O) groups is 3. The Labute approximate surface area is 227 Å². The van der Waals surface area contributed by atoms with Crippen LogP contribution in [0.3, 0.4) is 0 Å². The van der Waals surface area contributed by atoms with Crippen LogP contribution < -0.4 is 9.64 Å². The number of ether oxygens (including phenoxy) is 2. The molecule has 0 spiro atoms. The highest BCUT2D eigenvalue weighted by molar-refractivity contribution is 6.51. The second kappa shape index (κ2) is 11.0. The maximum Gasteiger partial charge on any atom is 0.338 e. The van der Waals surface area contributed by atoms with E-state index in [-0.39, 0.29) is 29.3 Å². The number of ketones is 1. The van der Waals surface area contributed by atoms with Crippen molar-refractivity contribution in [3.8, 4) is 11.5 Å². The normalized spacial score (nSPS) is 16.7. The molecule has 0 aliphatic carbocycles. The van der Waals surface area contributed by atoms with E-state index in [1.165, 1.54) is 29.2 Å². The molecule has 3 aromatic rings. The molecule has 0 saturated carbocycles. The quantitative estimate of drug-likeness (QED) is 0.175. The van der Waals surface area contributed by atoms with Gasteiger partial charge in [-0.25, -0.2) is 4.79 Å². The number of esters is 1. The van der Waals surface area contributed by atoms with Gasteiger partial charge >= 0.3 is 5.97 Å². The predicted octanol–water partition coefficient (Wildman–Crippen LogP) is 5.68. The van der Waals surface area contributed by atoms with Crippen molar-refractivity contribution in [3.63, 3.8) is 0 Å². The summed E-state index contributed by atoms with van der Waals surface area (Å²) in [6, 6.07) is 16.3. The standard InChI is InChI=1S/C31H31NO7/c1-17(2)38-25-15-10-22(16-19(25)5)28(34)26-27(20-8-13-24(33)14-9-20)32(30(36)29(26)35)23-11-6-21(7-12-23)31(37)39-18(3)4/h6-18,27,33-34H,1-5H3/b28-26-. The fourth-order valence-corrected chi connectivity index (χ4v) is 4.45. The van der Waals surface area contributed by atoms with Crippen LogP contribution in [0.15, 0.2) is 72.3 Å². The molecule has 1 unspecified atom stereocenters. The van der Waals surface area contributed by atoms with Crippen molar-refractivity contribution in [2.45, 2.75) is 52.9 Å². The first kappa shape index (κ1) is 27.4. The largest absolute Gasteiger partial charge is 0.508 e. The van der Waals surface area contributed by atoms with Crippen LogP contribution >= 0.6 is 0 Å². The molecular formula is C31H31NO7. The van der Waals surface area contributed by atoms with E-state index in [9.17, 15) is 24.6 Å². The Hall–Kier alpha value is -4.59. The lowest BCUT2D eigenvalue weighted by Crippen LogP contribution is -2.29. The SMILES string of the molecule is Cc1cc(/C(O)=C2/C(=O)C(=O)N(c3ccc(C(=O)OC(C)C)cc3)C2c2ccc(O)cc2)ccc1OC(C)C. The maximum atomic E-state index is 13.4. The zero-order chi connectivity index (χ0) is 28.4. The van der Waals surface area contributed by atoms with Crippen molar-refractivity contribution in [2.24, 2.45) is 0 Å². The van der Waals surface area contributed by atoms with Gasteiger partial charge in [0.05, 0.1) is 29.4 Å². The number of aryl methyl sites for hydroxylation is 1. The highest BCUT2D eigenvalue weighted by Crippen LogP contribution is 2.42. The number of Topliss-reactive ketones (excluding diaryl/α,β-unsaturated/α-hetero) is 1. The molecule has 1 amide bonds. The van der Waals surface area contributed by atoms with E-state index in [0.717, 1.165) is 5.56 Å². The van der Waals surface area contributed by atoms with Crippen molar-refractivity contribution >= 4 is 29.1 Å². The Balaban J connectivity index is 1.82. The van der Waals surface area contributed by atoms with E-state index in [4.69, 9.17) is 9.47 Å². The fourth-order valence-electron chi connectivity index (χ4n) is 4.45. The van der Waals surface area contributed by atoms with Gasteiger partial charge in [-0.3, -0.25) is 14.5 Å². The van der Waals surface area contributed by atoms with Crippen molar-refractivity contribution < 1.29 is 34.1 Å². The second-order valence-electron chi connectivity index (χ2n) is 9.91. The van der Waals surface area contributed by atoms with Gasteiger partial charge in [0.15, 0.2) is 0 Å². The van der Waals surface area contributed by atoms with Crippen LogP contribution in [0, 0.1) is 6.92 Å². The van der Waals surface area contributed by atoms with Gasteiger partial charge in [0, 0.05) is 11.3 Å². The van der Waals surface area contributed by atoms with Crippen LogP contribution in [0.1, 0.15) is 60.8 Å². The number of hydrogen-bond donors (Lipinski definition) is 2. The molecule has 39 heavy (non-hydrogen) atoms. The molecule has 1 aliphatic rings. The smallest absolute Gasteiger partial charge is 0.338 e. The van der Waals surface area contributed by atoms with Crippen LogP contribution in [-0.4, -0.2) is 40.1 Å². The number of benzene rings is 3. The monoisotopic (exact) mass is 529 g/mol. The second-order valence-corrected chi connectivity index (χ2v) is 9.91. The Morgan fingerprint density at radius 2 is 1.49 bits per heavy atom. The molecule has 2 N–H and O–H groups in total. The summed E-state index contributed by atoms with van der Waals surface area (Å²) < 4.78 is 11.0. The minimum atomic E-state index is -0.981. The molecule has 202 valence electrons. The van der Waals surface area contributed by atoms with E-state index >= 15 is 0 Å². The molecule has 1 saturated heterocycles. The number of hydrogen-bond acceptors (Lipinski definition) is 7. The summed E-state index contributed by atoms with van der Waals surface area (Å²) >= 11 is 0. The van der Waals surface area contributed by atoms with Crippen molar-refractivity contribution in [3.05, 3.63) is 94.6 Å². The number of aliphatic hydroxyl groups is 1. The van der Waals surface area contributed by atoms with Gasteiger partial charge in [-0.15, -0.1) is 0 Å². The number of nitrogens with zero attached hydrogens (tertiary/aromatic N) is 1. The van der Waals surface area contributed by atoms with Gasteiger partial charge < -0.3 is 19.7 Å². The van der Waals surface area contributed by atoms with Gasteiger partial charge in [0.1, 0.15) is 17.3 Å². The van der Waals surface area contributed by atoms with E-state index in [2.05, 4.69) is 0 Å². The van der Waals surface area contributed by atoms with Crippen LogP contribution in [0.4, 0.5) is 5.69 Å². The molecule has 8 nitrogen and oxygen atoms in total. The molecule has 1 atom stereocenters. The Kier molecular flexibility index (Phi) is 7.76. The molecular weight excluding hydrogens is 498 g/mol. The van der Waals surface area contributed by atoms with Crippen LogP contribution in [0.2, 0.25) is 0 Å². The summed E-state index contributed by atoms with van der Waals surface area (Å²) in [6.07, 6.45) is -0.333. The summed E-state index contributed by atoms with van der Waals surface area (Å²) in [4.78, 5) is 40.3. The first-order valence-electron chi connectivity index (χ1n) is 12.7. The topological polar surface area (TPSA) is 113 Å². The number of aromatic hydroxyl groups is 1. The molecule has 0 bridgehead atoms. The highest BCUT2D eigenvalue weighted by Gasteiger charge is 2.47. The third-order valence-corrected chi connectivity index (χ3v) is 6.19. The Bertz CT molecular complexity index is 1440. The van der Waals surface area contributed by atoms with Gasteiger partial charge in [-0.1, -0.05) is 12.1 Å². The number of aliphatic hydroxyl groups excluding tert-OH is 1. The van der Waals surface area contributed by atoms with E-state index in [0.29, 0.717) is 28.1 Å². The van der Waals surface area contributed by atoms with E-state index < -0.39 is 23.7 Å². The summed E-state index contributed by atoms with van der Waals surface area (Å²) in [7, 11) is 0. The number of phenolic OH excluding ortho intramolecular Hbond substituents is 1. The fraction of sp³-hybridized carbons (Fsp3) is 0.258. The predicted molar refractivity (Wildman–Crippen MR) is 147 cm³/mol. The molecule has 0 radical (unpaired) electrons. The van der Waals surface area contributed by atoms with Gasteiger partial charge in [-0.2, -0.15) is 0 Å². The molecule has 1 aliphatic heterocycles. The van der Waals surface area contributed by atoms with Crippen LogP contribution in [-0.2, 0) is 14.3 Å². The molecule has 1 heterocycles. The zero-order valence-corrected chi connectivity index (χ0v) is 22.5. The lowest BCUT2D eigenvalue weighted by molar-refractivity contribution is -0.132. The lowest BCUT2D eigenvalue weighted by atomic mass is 9.94. The zero-order valence-electron chi connectivity index (χ0n) is 22.5. The van der Waals surface area contributed by atoms with Crippen molar-refractivity contribution in [2.75, 3.05) is 4.90 Å². The summed E-state index contributed by atoms with van der Waals surface area (Å²) in [5, 5.41) is 21.2. The van der Waals surface area contributed by atoms with Gasteiger partial charge in [-0.05, 0) is 100 Å². The first-order chi connectivity index (χ1) is 18.5. The maximum absolute atomic E-state index is 13.4. The van der Waals surface area contributed by atoms with E-state index in [1.54, 1.807) is 56.3 Å². The number of carbonyl (C=O) groups excluding carboxylic acids is 3. The summed E-state index contributed by atoms with van der Waals surface area (Å²) in [6.45, 7) is 9.14. The van der Waals surface area contributed by atoms with Crippen molar-refractivity contribution in [1.82, 2.24) is 0 Å². The van der Waals surface area contributed by atoms with Crippen LogP contribution in [0.5, 0.6) is 11.5 Å². The average molecular weight is 530 g/mol. The lowest BCUT2D eigenvalue weighted by Gasteiger charge is -2.25. The number of amides is 1. The molecule has 3 aromatic carbocycles. The highest BCUT2D eigenvalue weighted by atomic mass is 16.5. The number of anilines is 1. The minimum Gasteiger partial charge on any atom is -0.508 e. The van der Waals surface area contributed by atoms with Crippen LogP contribution in [0.25, 0.3) is 5.76 Å². The summed E-state index contributed by atoms with van der Waals surface area (Å²) in [5.41, 5.74) is 2.18. The van der Waals surface area contributed by atoms with E-state index in [1.807, 2.05) is 20.8 Å². The number of phenols is 1. The molecule has 4 rings (SSSR count). The minimum absolute atomic E-state index is 0.0140. The first-order valence-corrected chi connectivity index (χ1v) is 12.7. The molecule has 0 aromatic heterocycles. The van der Waals surface area contributed by atoms with Crippen molar-refractivity contribution in [1.29, 1.82) is 0 Å². The third kappa shape index (κ3) is 5.65.